The number of rotatable bonds is 5. The number of nitrogens with zero attached hydrogens (tertiary/aromatic N) is 2. The first-order chi connectivity index (χ1) is 11.1. The van der Waals surface area contributed by atoms with Crippen LogP contribution in [0.25, 0.3) is 0 Å². The van der Waals surface area contributed by atoms with Crippen molar-refractivity contribution in [3.05, 3.63) is 18.0 Å². The maximum absolute atomic E-state index is 12.3. The van der Waals surface area contributed by atoms with Gasteiger partial charge in [-0.1, -0.05) is 12.8 Å². The normalized spacial score (nSPS) is 23.6. The molecule has 1 aromatic rings. The van der Waals surface area contributed by atoms with Crippen molar-refractivity contribution in [2.24, 2.45) is 5.73 Å². The number of aromatic nitrogens is 2. The molecule has 1 aliphatic heterocycles. The Balaban J connectivity index is 1.59. The van der Waals surface area contributed by atoms with Gasteiger partial charge in [0, 0.05) is 18.7 Å². The first-order valence-corrected chi connectivity index (χ1v) is 8.44. The highest BCUT2D eigenvalue weighted by molar-refractivity contribution is 5.90. The molecule has 0 spiro atoms. The summed E-state index contributed by atoms with van der Waals surface area (Å²) < 4.78 is 1.64. The third-order valence-electron chi connectivity index (χ3n) is 4.99. The van der Waals surface area contributed by atoms with E-state index >= 15 is 0 Å². The predicted octanol–water partition coefficient (Wildman–Crippen LogP) is 0.264. The van der Waals surface area contributed by atoms with Crippen molar-refractivity contribution < 1.29 is 9.59 Å². The van der Waals surface area contributed by atoms with Gasteiger partial charge in [0.05, 0.1) is 5.69 Å². The fourth-order valence-corrected chi connectivity index (χ4v) is 3.65. The zero-order valence-corrected chi connectivity index (χ0v) is 13.4. The van der Waals surface area contributed by atoms with Crippen LogP contribution in [-0.4, -0.2) is 40.2 Å². The second-order valence-corrected chi connectivity index (χ2v) is 6.68. The standard InChI is InChI=1S/C16H25N5O2/c17-15(23)16(6-1-2-7-16)19-14(22)11-21-9-5-13(20-21)12-4-3-8-18-10-12/h5,9,12,18H,1-4,6-8,10-11H2,(H2,17,23)(H,19,22). The Morgan fingerprint density at radius 2 is 2.17 bits per heavy atom. The van der Waals surface area contributed by atoms with E-state index in [0.29, 0.717) is 18.8 Å². The minimum absolute atomic E-state index is 0.120. The summed E-state index contributed by atoms with van der Waals surface area (Å²) >= 11 is 0. The molecule has 126 valence electrons. The van der Waals surface area contributed by atoms with Gasteiger partial charge in [0.2, 0.25) is 11.8 Å². The van der Waals surface area contributed by atoms with Crippen molar-refractivity contribution in [3.63, 3.8) is 0 Å². The van der Waals surface area contributed by atoms with Crippen LogP contribution in [0.4, 0.5) is 0 Å². The largest absolute Gasteiger partial charge is 0.368 e. The lowest BCUT2D eigenvalue weighted by molar-refractivity contribution is -0.131. The Morgan fingerprint density at radius 1 is 1.39 bits per heavy atom. The molecule has 0 aromatic carbocycles. The molecule has 7 nitrogen and oxygen atoms in total. The lowest BCUT2D eigenvalue weighted by Crippen LogP contribution is -2.56. The SMILES string of the molecule is NC(=O)C1(NC(=O)Cn2ccc(C3CCCNC3)n2)CCCC1. The van der Waals surface area contributed by atoms with Crippen molar-refractivity contribution in [2.75, 3.05) is 13.1 Å². The summed E-state index contributed by atoms with van der Waals surface area (Å²) in [6.07, 6.45) is 7.21. The zero-order valence-electron chi connectivity index (χ0n) is 13.4. The molecule has 1 saturated carbocycles. The summed E-state index contributed by atoms with van der Waals surface area (Å²) in [5.74, 6) is -0.222. The average Bonchev–Trinajstić information content (AvgIpc) is 3.18. The monoisotopic (exact) mass is 319 g/mol. The molecule has 7 heteroatoms. The minimum atomic E-state index is -0.861. The van der Waals surface area contributed by atoms with Gasteiger partial charge in [-0.15, -0.1) is 0 Å². The lowest BCUT2D eigenvalue weighted by Gasteiger charge is -2.26. The van der Waals surface area contributed by atoms with Gasteiger partial charge >= 0.3 is 0 Å². The molecule has 0 radical (unpaired) electrons. The Bertz CT molecular complexity index is 571. The Kier molecular flexibility index (Phi) is 4.66. The number of piperidine rings is 1. The highest BCUT2D eigenvalue weighted by atomic mass is 16.2. The molecular weight excluding hydrogens is 294 g/mol. The molecule has 0 bridgehead atoms. The third-order valence-corrected chi connectivity index (χ3v) is 4.99. The molecule has 3 rings (SSSR count). The zero-order chi connectivity index (χ0) is 16.3. The molecule has 1 aliphatic carbocycles. The van der Waals surface area contributed by atoms with E-state index in [-0.39, 0.29) is 12.5 Å². The van der Waals surface area contributed by atoms with Crippen molar-refractivity contribution in [3.8, 4) is 0 Å². The molecule has 2 aliphatic rings. The van der Waals surface area contributed by atoms with Crippen LogP contribution < -0.4 is 16.4 Å². The van der Waals surface area contributed by atoms with Gasteiger partial charge in [0.1, 0.15) is 12.1 Å². The number of amides is 2. The Morgan fingerprint density at radius 3 is 2.83 bits per heavy atom. The van der Waals surface area contributed by atoms with Crippen LogP contribution in [-0.2, 0) is 16.1 Å². The maximum atomic E-state index is 12.3. The van der Waals surface area contributed by atoms with E-state index < -0.39 is 11.4 Å². The summed E-state index contributed by atoms with van der Waals surface area (Å²) in [7, 11) is 0. The van der Waals surface area contributed by atoms with E-state index in [4.69, 9.17) is 5.73 Å². The van der Waals surface area contributed by atoms with Crippen LogP contribution >= 0.6 is 0 Å². The number of nitrogens with two attached hydrogens (primary N) is 1. The maximum Gasteiger partial charge on any atom is 0.243 e. The van der Waals surface area contributed by atoms with E-state index in [9.17, 15) is 9.59 Å². The minimum Gasteiger partial charge on any atom is -0.368 e. The van der Waals surface area contributed by atoms with E-state index in [0.717, 1.165) is 44.5 Å². The van der Waals surface area contributed by atoms with Gasteiger partial charge in [-0.3, -0.25) is 14.3 Å². The van der Waals surface area contributed by atoms with Gasteiger partial charge in [-0.2, -0.15) is 5.10 Å². The fraction of sp³-hybridized carbons (Fsp3) is 0.688. The molecule has 2 heterocycles. The smallest absolute Gasteiger partial charge is 0.243 e. The van der Waals surface area contributed by atoms with Crippen LogP contribution in [0, 0.1) is 0 Å². The Labute approximate surface area is 136 Å². The number of carbonyl (C=O) groups excluding carboxylic acids is 2. The predicted molar refractivity (Wildman–Crippen MR) is 85.6 cm³/mol. The van der Waals surface area contributed by atoms with Crippen molar-refractivity contribution in [1.82, 2.24) is 20.4 Å². The molecule has 1 saturated heterocycles. The van der Waals surface area contributed by atoms with Gasteiger partial charge in [-0.05, 0) is 38.3 Å². The molecule has 1 unspecified atom stereocenters. The van der Waals surface area contributed by atoms with Gasteiger partial charge < -0.3 is 16.4 Å². The topological polar surface area (TPSA) is 102 Å². The van der Waals surface area contributed by atoms with Crippen LogP contribution in [0.5, 0.6) is 0 Å². The number of hydrogen-bond acceptors (Lipinski definition) is 4. The summed E-state index contributed by atoms with van der Waals surface area (Å²) in [5.41, 5.74) is 5.66. The van der Waals surface area contributed by atoms with Crippen LogP contribution in [0.1, 0.15) is 50.1 Å². The summed E-state index contributed by atoms with van der Waals surface area (Å²) in [5, 5.41) is 10.7. The first kappa shape index (κ1) is 16.0. The summed E-state index contributed by atoms with van der Waals surface area (Å²) in [6.45, 7) is 2.12. The fourth-order valence-electron chi connectivity index (χ4n) is 3.65. The van der Waals surface area contributed by atoms with Gasteiger partial charge in [0.15, 0.2) is 0 Å². The van der Waals surface area contributed by atoms with Crippen molar-refractivity contribution in [2.45, 2.75) is 56.5 Å². The van der Waals surface area contributed by atoms with Crippen molar-refractivity contribution >= 4 is 11.8 Å². The molecule has 1 aromatic heterocycles. The summed E-state index contributed by atoms with van der Waals surface area (Å²) in [4.78, 5) is 24.0. The number of hydrogen-bond donors (Lipinski definition) is 3. The van der Waals surface area contributed by atoms with E-state index in [1.165, 1.54) is 0 Å². The van der Waals surface area contributed by atoms with Crippen LogP contribution in [0.15, 0.2) is 12.3 Å². The van der Waals surface area contributed by atoms with E-state index in [1.54, 1.807) is 4.68 Å². The van der Waals surface area contributed by atoms with E-state index in [2.05, 4.69) is 15.7 Å². The number of carbonyl (C=O) groups is 2. The second kappa shape index (κ2) is 6.70. The van der Waals surface area contributed by atoms with Crippen LogP contribution in [0.2, 0.25) is 0 Å². The number of primary amides is 1. The van der Waals surface area contributed by atoms with E-state index in [1.807, 2.05) is 12.3 Å². The van der Waals surface area contributed by atoms with Crippen LogP contribution in [0.3, 0.4) is 0 Å². The van der Waals surface area contributed by atoms with Crippen molar-refractivity contribution in [1.29, 1.82) is 0 Å². The molecule has 4 N–H and O–H groups in total. The van der Waals surface area contributed by atoms with Gasteiger partial charge in [0.25, 0.3) is 0 Å². The number of nitrogens with one attached hydrogen (secondary N) is 2. The molecular formula is C16H25N5O2. The lowest BCUT2D eigenvalue weighted by atomic mass is 9.97. The molecule has 1 atom stereocenters. The highest BCUT2D eigenvalue weighted by Crippen LogP contribution is 2.29. The summed E-state index contributed by atoms with van der Waals surface area (Å²) in [6, 6.07) is 1.98. The molecule has 2 amide bonds. The average molecular weight is 319 g/mol. The van der Waals surface area contributed by atoms with Gasteiger partial charge in [-0.25, -0.2) is 0 Å². The first-order valence-electron chi connectivity index (χ1n) is 8.44. The Hall–Kier alpha value is -1.89. The third kappa shape index (κ3) is 3.55. The second-order valence-electron chi connectivity index (χ2n) is 6.68. The molecule has 2 fully saturated rings. The quantitative estimate of drug-likeness (QED) is 0.724. The highest BCUT2D eigenvalue weighted by Gasteiger charge is 2.40. The molecule has 23 heavy (non-hydrogen) atoms.